The molecule has 160 valence electrons. The molecule has 1 aliphatic rings. The summed E-state index contributed by atoms with van der Waals surface area (Å²) in [5.41, 5.74) is 3.52. The van der Waals surface area contributed by atoms with Gasteiger partial charge in [-0.25, -0.2) is 13.6 Å². The number of ether oxygens (including phenoxy) is 1. The molecular formula is C23H23FN4O2S. The van der Waals surface area contributed by atoms with Crippen LogP contribution in [-0.2, 0) is 14.5 Å². The standard InChI is InChI=1S/C23H23FN4O2S/c1-14(2)22-21(15-3-5-17(24)6-4-15)18-11-16-13-25-27-20(16)12-19(18)23(26-22)28-31(29)9-7-30-8-10-31/h3-6,11-14H,7-10H2,1-2H3,(H,25,27). The Kier molecular flexibility index (Phi) is 4.98. The molecule has 1 saturated heterocycles. The summed E-state index contributed by atoms with van der Waals surface area (Å²) in [6.45, 7) is 5.01. The molecule has 3 heterocycles. The van der Waals surface area contributed by atoms with Gasteiger partial charge in [0.2, 0.25) is 0 Å². The third kappa shape index (κ3) is 3.70. The number of fused-ring (bicyclic) bond motifs is 2. The van der Waals surface area contributed by atoms with Gasteiger partial charge in [-0.2, -0.15) is 9.46 Å². The van der Waals surface area contributed by atoms with Gasteiger partial charge in [-0.3, -0.25) is 5.10 Å². The number of aromatic amines is 1. The first-order valence-electron chi connectivity index (χ1n) is 10.3. The SMILES string of the molecule is CC(C)c1nc(N=S2(=O)CCOCC2)c2cc3[nH]ncc3cc2c1-c1ccc(F)cc1. The zero-order valence-electron chi connectivity index (χ0n) is 17.4. The average molecular weight is 439 g/mol. The van der Waals surface area contributed by atoms with Gasteiger partial charge in [-0.1, -0.05) is 26.0 Å². The van der Waals surface area contributed by atoms with Crippen LogP contribution in [0.1, 0.15) is 25.5 Å². The Morgan fingerprint density at radius 1 is 1.13 bits per heavy atom. The smallest absolute Gasteiger partial charge is 0.169 e. The number of rotatable bonds is 3. The van der Waals surface area contributed by atoms with Crippen molar-refractivity contribution < 1.29 is 13.3 Å². The molecule has 5 rings (SSSR count). The summed E-state index contributed by atoms with van der Waals surface area (Å²) in [6, 6.07) is 10.5. The number of nitrogens with one attached hydrogen (secondary N) is 1. The largest absolute Gasteiger partial charge is 0.379 e. The van der Waals surface area contributed by atoms with Crippen LogP contribution < -0.4 is 0 Å². The van der Waals surface area contributed by atoms with Crippen molar-refractivity contribution in [2.24, 2.45) is 4.36 Å². The number of pyridine rings is 1. The van der Waals surface area contributed by atoms with Crippen molar-refractivity contribution >= 4 is 37.2 Å². The van der Waals surface area contributed by atoms with Gasteiger partial charge >= 0.3 is 0 Å². The lowest BCUT2D eigenvalue weighted by molar-refractivity contribution is 0.158. The number of H-pyrrole nitrogens is 1. The fourth-order valence-electron chi connectivity index (χ4n) is 3.99. The predicted octanol–water partition coefficient (Wildman–Crippen LogP) is 5.17. The van der Waals surface area contributed by atoms with E-state index in [0.29, 0.717) is 30.5 Å². The van der Waals surface area contributed by atoms with Crippen LogP contribution in [0.5, 0.6) is 0 Å². The van der Waals surface area contributed by atoms with Gasteiger partial charge < -0.3 is 4.74 Å². The first kappa shape index (κ1) is 20.1. The number of hydrogen-bond acceptors (Lipinski definition) is 5. The molecule has 1 aliphatic heterocycles. The van der Waals surface area contributed by atoms with E-state index in [0.717, 1.165) is 38.5 Å². The van der Waals surface area contributed by atoms with Crippen molar-refractivity contribution in [1.29, 1.82) is 0 Å². The number of hydrogen-bond donors (Lipinski definition) is 1. The minimum absolute atomic E-state index is 0.0886. The lowest BCUT2D eigenvalue weighted by Gasteiger charge is -2.19. The molecule has 1 fully saturated rings. The molecule has 0 atom stereocenters. The van der Waals surface area contributed by atoms with Crippen molar-refractivity contribution in [2.45, 2.75) is 19.8 Å². The fraction of sp³-hybridized carbons (Fsp3) is 0.304. The molecule has 0 bridgehead atoms. The van der Waals surface area contributed by atoms with Crippen molar-refractivity contribution in [3.05, 3.63) is 54.1 Å². The molecule has 4 aromatic rings. The topological polar surface area (TPSA) is 80.2 Å². The lowest BCUT2D eigenvalue weighted by Crippen LogP contribution is -2.25. The van der Waals surface area contributed by atoms with Crippen LogP contribution in [0, 0.1) is 5.82 Å². The highest BCUT2D eigenvalue weighted by Gasteiger charge is 2.21. The van der Waals surface area contributed by atoms with Gasteiger partial charge in [0.15, 0.2) is 5.82 Å². The molecule has 0 spiro atoms. The number of halogens is 1. The van der Waals surface area contributed by atoms with Crippen LogP contribution in [0.15, 0.2) is 47.0 Å². The molecule has 2 aromatic heterocycles. The maximum absolute atomic E-state index is 13.6. The molecule has 1 N–H and O–H groups in total. The third-order valence-corrected chi connectivity index (χ3v) is 7.71. The van der Waals surface area contributed by atoms with E-state index in [1.54, 1.807) is 18.3 Å². The number of benzene rings is 2. The molecular weight excluding hydrogens is 415 g/mol. The Labute approximate surface area is 180 Å². The second-order valence-electron chi connectivity index (χ2n) is 8.10. The van der Waals surface area contributed by atoms with E-state index in [-0.39, 0.29) is 11.7 Å². The summed E-state index contributed by atoms with van der Waals surface area (Å²) < 4.78 is 37.1. The van der Waals surface area contributed by atoms with Crippen molar-refractivity contribution in [3.63, 3.8) is 0 Å². The van der Waals surface area contributed by atoms with Crippen molar-refractivity contribution in [3.8, 4) is 11.1 Å². The monoisotopic (exact) mass is 438 g/mol. The minimum Gasteiger partial charge on any atom is -0.379 e. The third-order valence-electron chi connectivity index (χ3n) is 5.60. The van der Waals surface area contributed by atoms with Gasteiger partial charge in [0, 0.05) is 16.3 Å². The van der Waals surface area contributed by atoms with Gasteiger partial charge in [0.1, 0.15) is 5.82 Å². The molecule has 31 heavy (non-hydrogen) atoms. The highest BCUT2D eigenvalue weighted by molar-refractivity contribution is 7.93. The molecule has 0 amide bonds. The predicted molar refractivity (Wildman–Crippen MR) is 122 cm³/mol. The summed E-state index contributed by atoms with van der Waals surface area (Å²) in [5.74, 6) is 1.09. The van der Waals surface area contributed by atoms with E-state index in [1.165, 1.54) is 12.1 Å². The maximum Gasteiger partial charge on any atom is 0.169 e. The molecule has 0 aliphatic carbocycles. The molecule has 0 unspecified atom stereocenters. The van der Waals surface area contributed by atoms with Crippen molar-refractivity contribution in [2.75, 3.05) is 24.7 Å². The highest BCUT2D eigenvalue weighted by atomic mass is 32.2. The highest BCUT2D eigenvalue weighted by Crippen LogP contribution is 2.40. The second kappa shape index (κ2) is 7.69. The summed E-state index contributed by atoms with van der Waals surface area (Å²) in [6.07, 6.45) is 1.77. The van der Waals surface area contributed by atoms with Gasteiger partial charge in [0.25, 0.3) is 0 Å². The Hall–Kier alpha value is -2.84. The quantitative estimate of drug-likeness (QED) is 0.478. The Morgan fingerprint density at radius 3 is 2.58 bits per heavy atom. The van der Waals surface area contributed by atoms with E-state index in [9.17, 15) is 8.60 Å². The van der Waals surface area contributed by atoms with Gasteiger partial charge in [-0.15, -0.1) is 0 Å². The van der Waals surface area contributed by atoms with Gasteiger partial charge in [0.05, 0.1) is 51.9 Å². The first-order chi connectivity index (χ1) is 14.9. The number of aromatic nitrogens is 3. The number of nitrogens with zero attached hydrogens (tertiary/aromatic N) is 3. The summed E-state index contributed by atoms with van der Waals surface area (Å²) in [7, 11) is -2.44. The summed E-state index contributed by atoms with van der Waals surface area (Å²) in [5, 5.41) is 9.85. The van der Waals surface area contributed by atoms with Gasteiger partial charge in [-0.05, 0) is 41.1 Å². The van der Waals surface area contributed by atoms with Crippen LogP contribution in [0.4, 0.5) is 10.2 Å². The van der Waals surface area contributed by atoms with E-state index in [2.05, 4.69) is 30.1 Å². The zero-order chi connectivity index (χ0) is 21.6. The average Bonchev–Trinajstić information content (AvgIpc) is 3.21. The molecule has 8 heteroatoms. The van der Waals surface area contributed by atoms with Crippen LogP contribution in [0.3, 0.4) is 0 Å². The van der Waals surface area contributed by atoms with Crippen LogP contribution >= 0.6 is 0 Å². The Balaban J connectivity index is 1.88. The first-order valence-corrected chi connectivity index (χ1v) is 12.2. The minimum atomic E-state index is -2.44. The molecule has 2 aromatic carbocycles. The van der Waals surface area contributed by atoms with Crippen LogP contribution in [0.2, 0.25) is 0 Å². The summed E-state index contributed by atoms with van der Waals surface area (Å²) >= 11 is 0. The van der Waals surface area contributed by atoms with E-state index < -0.39 is 9.73 Å². The van der Waals surface area contributed by atoms with E-state index in [4.69, 9.17) is 14.1 Å². The fourth-order valence-corrected chi connectivity index (χ4v) is 5.59. The van der Waals surface area contributed by atoms with E-state index >= 15 is 0 Å². The Bertz CT molecular complexity index is 1390. The zero-order valence-corrected chi connectivity index (χ0v) is 18.2. The van der Waals surface area contributed by atoms with Crippen LogP contribution in [0.25, 0.3) is 32.8 Å². The normalized spacial score (nSPS) is 16.3. The second-order valence-corrected chi connectivity index (χ2v) is 10.6. The molecule has 6 nitrogen and oxygen atoms in total. The maximum atomic E-state index is 13.6. The molecule has 0 saturated carbocycles. The molecule has 0 radical (unpaired) electrons. The van der Waals surface area contributed by atoms with E-state index in [1.807, 2.05) is 6.07 Å². The Morgan fingerprint density at radius 2 is 1.87 bits per heavy atom. The van der Waals surface area contributed by atoms with Crippen LogP contribution in [-0.4, -0.2) is 44.1 Å². The summed E-state index contributed by atoms with van der Waals surface area (Å²) in [4.78, 5) is 4.91. The van der Waals surface area contributed by atoms with Crippen molar-refractivity contribution in [1.82, 2.24) is 15.2 Å². The lowest BCUT2D eigenvalue weighted by atomic mass is 9.92.